The van der Waals surface area contributed by atoms with Crippen LogP contribution >= 0.6 is 0 Å². The summed E-state index contributed by atoms with van der Waals surface area (Å²) < 4.78 is 0. The quantitative estimate of drug-likeness (QED) is 0.141. The topological polar surface area (TPSA) is 245 Å². The highest BCUT2D eigenvalue weighted by Crippen LogP contribution is 2.04. The van der Waals surface area contributed by atoms with Gasteiger partial charge in [-0.1, -0.05) is 13.8 Å². The Hall–Kier alpha value is -3.26. The van der Waals surface area contributed by atoms with Crippen LogP contribution in [0.1, 0.15) is 26.7 Å². The van der Waals surface area contributed by atoms with Crippen LogP contribution in [0.3, 0.4) is 0 Å². The number of aliphatic hydroxyl groups excluding tert-OH is 1. The predicted octanol–water partition coefficient (Wildman–Crippen LogP) is -3.55. The van der Waals surface area contributed by atoms with Crippen LogP contribution in [-0.4, -0.2) is 86.8 Å². The van der Waals surface area contributed by atoms with E-state index in [0.717, 1.165) is 0 Å². The first kappa shape index (κ1) is 26.7. The molecule has 4 unspecified atom stereocenters. The molecule has 30 heavy (non-hydrogen) atoms. The zero-order valence-corrected chi connectivity index (χ0v) is 16.3. The summed E-state index contributed by atoms with van der Waals surface area (Å²) in [7, 11) is 0. The minimum absolute atomic E-state index is 0.548. The number of amides is 3. The van der Waals surface area contributed by atoms with Gasteiger partial charge in [0.1, 0.15) is 18.1 Å². The molecule has 0 fully saturated rings. The Morgan fingerprint density at radius 3 is 1.63 bits per heavy atom. The third kappa shape index (κ3) is 9.29. The van der Waals surface area contributed by atoms with Crippen LogP contribution in [0.15, 0.2) is 0 Å². The van der Waals surface area contributed by atoms with Crippen LogP contribution in [0.25, 0.3) is 0 Å². The fraction of sp³-hybridized carbons (Fsp3) is 0.625. The number of aliphatic carboxylic acids is 3. The van der Waals surface area contributed by atoms with E-state index in [4.69, 9.17) is 21.1 Å². The van der Waals surface area contributed by atoms with Crippen molar-refractivity contribution in [1.29, 1.82) is 0 Å². The lowest BCUT2D eigenvalue weighted by atomic mass is 10.0. The maximum atomic E-state index is 12.3. The van der Waals surface area contributed by atoms with E-state index in [1.165, 1.54) is 13.8 Å². The lowest BCUT2D eigenvalue weighted by molar-refractivity contribution is -0.144. The highest BCUT2D eigenvalue weighted by atomic mass is 16.4. The Morgan fingerprint density at radius 1 is 0.767 bits per heavy atom. The van der Waals surface area contributed by atoms with Gasteiger partial charge in [0.15, 0.2) is 0 Å². The van der Waals surface area contributed by atoms with Crippen molar-refractivity contribution in [2.24, 2.45) is 11.7 Å². The molecule has 0 rings (SSSR count). The molecule has 0 saturated heterocycles. The van der Waals surface area contributed by atoms with Gasteiger partial charge in [0.25, 0.3) is 0 Å². The predicted molar refractivity (Wildman–Crippen MR) is 97.8 cm³/mol. The van der Waals surface area contributed by atoms with Gasteiger partial charge in [-0.05, 0) is 5.92 Å². The molecule has 14 nitrogen and oxygen atoms in total. The molecule has 0 aliphatic carbocycles. The molecule has 0 aliphatic heterocycles. The first-order valence-corrected chi connectivity index (χ1v) is 8.74. The average Bonchev–Trinajstić information content (AvgIpc) is 2.61. The fourth-order valence-corrected chi connectivity index (χ4v) is 2.18. The second-order valence-corrected chi connectivity index (χ2v) is 6.68. The molecule has 14 heteroatoms. The van der Waals surface area contributed by atoms with E-state index in [1.54, 1.807) is 0 Å². The molecular formula is C16H26N4O10. The first-order valence-electron chi connectivity index (χ1n) is 8.74. The molecule has 0 heterocycles. The molecule has 3 amide bonds. The summed E-state index contributed by atoms with van der Waals surface area (Å²) in [6.07, 6.45) is -1.66. The molecule has 0 aliphatic rings. The van der Waals surface area contributed by atoms with Gasteiger partial charge in [0.2, 0.25) is 17.7 Å². The van der Waals surface area contributed by atoms with Crippen molar-refractivity contribution >= 4 is 35.6 Å². The number of carboxylic acid groups (broad SMARTS) is 3. The van der Waals surface area contributed by atoms with Gasteiger partial charge in [0, 0.05) is 0 Å². The van der Waals surface area contributed by atoms with Crippen molar-refractivity contribution in [2.75, 3.05) is 6.61 Å². The van der Waals surface area contributed by atoms with E-state index in [-0.39, 0.29) is 0 Å². The van der Waals surface area contributed by atoms with Crippen molar-refractivity contribution in [3.63, 3.8) is 0 Å². The highest BCUT2D eigenvalue weighted by molar-refractivity contribution is 5.96. The zero-order valence-electron chi connectivity index (χ0n) is 16.3. The Balaban J connectivity index is 5.28. The van der Waals surface area contributed by atoms with Gasteiger partial charge in [-0.3, -0.25) is 24.0 Å². The molecule has 0 bridgehead atoms. The Bertz CT molecular complexity index is 681. The van der Waals surface area contributed by atoms with Crippen LogP contribution in [0, 0.1) is 5.92 Å². The maximum absolute atomic E-state index is 12.3. The number of nitrogens with one attached hydrogen (secondary N) is 3. The minimum Gasteiger partial charge on any atom is -0.481 e. The molecular weight excluding hydrogens is 408 g/mol. The number of aliphatic hydroxyl groups is 1. The number of nitrogens with two attached hydrogens (primary N) is 1. The highest BCUT2D eigenvalue weighted by Gasteiger charge is 2.32. The number of carbonyl (C=O) groups excluding carboxylic acids is 3. The second kappa shape index (κ2) is 12.3. The largest absolute Gasteiger partial charge is 0.481 e. The molecule has 170 valence electrons. The van der Waals surface area contributed by atoms with Crippen molar-refractivity contribution in [3.05, 3.63) is 0 Å². The summed E-state index contributed by atoms with van der Waals surface area (Å²) in [5.41, 5.74) is 5.34. The van der Waals surface area contributed by atoms with Crippen molar-refractivity contribution in [3.8, 4) is 0 Å². The van der Waals surface area contributed by atoms with Crippen LogP contribution in [0.2, 0.25) is 0 Å². The molecule has 0 aromatic carbocycles. The van der Waals surface area contributed by atoms with Crippen molar-refractivity contribution < 1.29 is 49.2 Å². The average molecular weight is 434 g/mol. The summed E-state index contributed by atoms with van der Waals surface area (Å²) in [5, 5.41) is 42.1. The number of carbonyl (C=O) groups is 6. The maximum Gasteiger partial charge on any atom is 0.326 e. The van der Waals surface area contributed by atoms with E-state index in [1.807, 2.05) is 10.6 Å². The SMILES string of the molecule is CC(C)C(NC(=O)C(CC(=O)O)NC(=O)C(CO)NC(=O)C(N)CC(=O)O)C(=O)O. The first-order chi connectivity index (χ1) is 13.8. The standard InChI is InChI=1S/C16H26N4O10/c1-6(2)12(16(29)30)20-14(27)8(4-11(24)25)18-15(28)9(5-21)19-13(26)7(17)3-10(22)23/h6-9,12,21H,3-5,17H2,1-2H3,(H,18,28)(H,19,26)(H,20,27)(H,22,23)(H,24,25)(H,29,30). The monoisotopic (exact) mass is 434 g/mol. The molecule has 0 spiro atoms. The zero-order chi connectivity index (χ0) is 23.6. The van der Waals surface area contributed by atoms with Gasteiger partial charge in [-0.2, -0.15) is 0 Å². The number of hydrogen-bond donors (Lipinski definition) is 8. The molecule has 0 radical (unpaired) electrons. The number of hydrogen-bond acceptors (Lipinski definition) is 8. The van der Waals surface area contributed by atoms with Gasteiger partial charge in [-0.25, -0.2) is 4.79 Å². The lowest BCUT2D eigenvalue weighted by Gasteiger charge is -2.24. The normalized spacial score (nSPS) is 14.7. The van der Waals surface area contributed by atoms with E-state index in [9.17, 15) is 33.9 Å². The van der Waals surface area contributed by atoms with Gasteiger partial charge < -0.3 is 42.1 Å². The third-order valence-electron chi connectivity index (χ3n) is 3.79. The van der Waals surface area contributed by atoms with E-state index in [0.29, 0.717) is 0 Å². The lowest BCUT2D eigenvalue weighted by Crippen LogP contribution is -2.59. The van der Waals surface area contributed by atoms with Crippen molar-refractivity contribution in [2.45, 2.75) is 50.9 Å². The van der Waals surface area contributed by atoms with Gasteiger partial charge in [-0.15, -0.1) is 0 Å². The smallest absolute Gasteiger partial charge is 0.326 e. The van der Waals surface area contributed by atoms with E-state index < -0.39 is 85.2 Å². The number of carboxylic acids is 3. The summed E-state index contributed by atoms with van der Waals surface area (Å²) in [6, 6.07) is -6.26. The molecule has 0 aromatic heterocycles. The molecule has 0 aromatic rings. The fourth-order valence-electron chi connectivity index (χ4n) is 2.18. The molecule has 4 atom stereocenters. The van der Waals surface area contributed by atoms with Gasteiger partial charge >= 0.3 is 17.9 Å². The molecule has 9 N–H and O–H groups in total. The second-order valence-electron chi connectivity index (χ2n) is 6.68. The summed E-state index contributed by atoms with van der Waals surface area (Å²) in [6.45, 7) is 2.03. The van der Waals surface area contributed by atoms with Crippen LogP contribution in [0.5, 0.6) is 0 Å². The van der Waals surface area contributed by atoms with Crippen LogP contribution < -0.4 is 21.7 Å². The summed E-state index contributed by atoms with van der Waals surface area (Å²) in [5.74, 6) is -8.11. The Morgan fingerprint density at radius 2 is 1.23 bits per heavy atom. The van der Waals surface area contributed by atoms with Gasteiger partial charge in [0.05, 0.1) is 25.5 Å². The molecule has 0 saturated carbocycles. The minimum atomic E-state index is -1.71. The van der Waals surface area contributed by atoms with E-state index >= 15 is 0 Å². The Labute approximate surface area is 170 Å². The third-order valence-corrected chi connectivity index (χ3v) is 3.79. The Kier molecular flexibility index (Phi) is 11.0. The van der Waals surface area contributed by atoms with Crippen LogP contribution in [0.4, 0.5) is 0 Å². The summed E-state index contributed by atoms with van der Waals surface area (Å²) >= 11 is 0. The van der Waals surface area contributed by atoms with E-state index in [2.05, 4.69) is 5.32 Å². The summed E-state index contributed by atoms with van der Waals surface area (Å²) in [4.78, 5) is 69.2. The van der Waals surface area contributed by atoms with Crippen molar-refractivity contribution in [1.82, 2.24) is 16.0 Å². The van der Waals surface area contributed by atoms with Crippen LogP contribution in [-0.2, 0) is 28.8 Å². The number of rotatable bonds is 13.